The van der Waals surface area contributed by atoms with Crippen LogP contribution in [0.15, 0.2) is 54.6 Å². The van der Waals surface area contributed by atoms with Gasteiger partial charge in [0.1, 0.15) is 5.82 Å². The van der Waals surface area contributed by atoms with Gasteiger partial charge < -0.3 is 5.32 Å². The van der Waals surface area contributed by atoms with Crippen LogP contribution in [0.25, 0.3) is 0 Å². The third-order valence-corrected chi connectivity index (χ3v) is 3.17. The Kier molecular flexibility index (Phi) is 4.11. The summed E-state index contributed by atoms with van der Waals surface area (Å²) in [5, 5.41) is 3.41. The lowest BCUT2D eigenvalue weighted by Gasteiger charge is -2.21. The summed E-state index contributed by atoms with van der Waals surface area (Å²) in [6.45, 7) is 4.07. The van der Waals surface area contributed by atoms with E-state index >= 15 is 0 Å². The van der Waals surface area contributed by atoms with Crippen molar-refractivity contribution in [3.8, 4) is 0 Å². The molecule has 0 unspecified atom stereocenters. The summed E-state index contributed by atoms with van der Waals surface area (Å²) in [5.74, 6) is -0.155. The molecule has 18 heavy (non-hydrogen) atoms. The Balaban J connectivity index is 2.08. The highest BCUT2D eigenvalue weighted by Crippen LogP contribution is 2.21. The van der Waals surface area contributed by atoms with E-state index in [0.717, 1.165) is 0 Å². The van der Waals surface area contributed by atoms with E-state index in [1.165, 1.54) is 11.6 Å². The van der Waals surface area contributed by atoms with Crippen molar-refractivity contribution < 1.29 is 4.39 Å². The molecule has 1 N–H and O–H groups in total. The van der Waals surface area contributed by atoms with Crippen LogP contribution in [0.3, 0.4) is 0 Å². The standard InChI is InChI=1S/C16H18FN/c1-12(14-8-4-3-5-9-14)18-13(2)15-10-6-7-11-16(15)17/h3-13,18H,1-2H3/t12-,13-/m0/s1. The van der Waals surface area contributed by atoms with Gasteiger partial charge in [0.05, 0.1) is 0 Å². The molecule has 2 atom stereocenters. The van der Waals surface area contributed by atoms with Gasteiger partial charge in [0.25, 0.3) is 0 Å². The Labute approximate surface area is 108 Å². The Morgan fingerprint density at radius 1 is 0.833 bits per heavy atom. The molecule has 1 nitrogen and oxygen atoms in total. The van der Waals surface area contributed by atoms with Crippen molar-refractivity contribution >= 4 is 0 Å². The van der Waals surface area contributed by atoms with Crippen molar-refractivity contribution in [2.75, 3.05) is 0 Å². The zero-order chi connectivity index (χ0) is 13.0. The van der Waals surface area contributed by atoms with Crippen LogP contribution < -0.4 is 5.32 Å². The molecule has 0 aliphatic heterocycles. The second-order valence-electron chi connectivity index (χ2n) is 4.54. The Morgan fingerprint density at radius 3 is 2.11 bits per heavy atom. The molecule has 0 aromatic heterocycles. The second kappa shape index (κ2) is 5.78. The second-order valence-corrected chi connectivity index (χ2v) is 4.54. The number of halogens is 1. The van der Waals surface area contributed by atoms with Gasteiger partial charge in [-0.2, -0.15) is 0 Å². The SMILES string of the molecule is C[C@H](N[C@@H](C)c1ccccc1F)c1ccccc1. The van der Waals surface area contributed by atoms with Crippen LogP contribution in [0.4, 0.5) is 4.39 Å². The third kappa shape index (κ3) is 2.96. The fraction of sp³-hybridized carbons (Fsp3) is 0.250. The van der Waals surface area contributed by atoms with Crippen molar-refractivity contribution in [1.29, 1.82) is 0 Å². The average molecular weight is 243 g/mol. The first-order chi connectivity index (χ1) is 8.68. The predicted octanol–water partition coefficient (Wildman–Crippen LogP) is 4.24. The lowest BCUT2D eigenvalue weighted by molar-refractivity contribution is 0.474. The van der Waals surface area contributed by atoms with E-state index in [1.807, 2.05) is 37.3 Å². The van der Waals surface area contributed by atoms with Gasteiger partial charge in [-0.05, 0) is 25.5 Å². The fourth-order valence-electron chi connectivity index (χ4n) is 2.13. The predicted molar refractivity (Wildman–Crippen MR) is 72.8 cm³/mol. The van der Waals surface area contributed by atoms with Gasteiger partial charge in [0, 0.05) is 17.6 Å². The molecule has 0 radical (unpaired) electrons. The van der Waals surface area contributed by atoms with Gasteiger partial charge in [0.2, 0.25) is 0 Å². The summed E-state index contributed by atoms with van der Waals surface area (Å²) in [6, 6.07) is 17.3. The highest BCUT2D eigenvalue weighted by atomic mass is 19.1. The zero-order valence-corrected chi connectivity index (χ0v) is 10.7. The molecule has 94 valence electrons. The summed E-state index contributed by atoms with van der Waals surface area (Å²) in [7, 11) is 0. The number of nitrogens with one attached hydrogen (secondary N) is 1. The van der Waals surface area contributed by atoms with E-state index in [2.05, 4.69) is 24.4 Å². The number of rotatable bonds is 4. The van der Waals surface area contributed by atoms with Crippen molar-refractivity contribution in [2.24, 2.45) is 0 Å². The molecule has 2 aromatic carbocycles. The van der Waals surface area contributed by atoms with Crippen LogP contribution in [0.1, 0.15) is 37.1 Å². The molecule has 0 aliphatic rings. The maximum atomic E-state index is 13.7. The smallest absolute Gasteiger partial charge is 0.127 e. The average Bonchev–Trinajstić information content (AvgIpc) is 2.40. The summed E-state index contributed by atoms with van der Waals surface area (Å²) in [5.41, 5.74) is 1.92. The van der Waals surface area contributed by atoms with Crippen molar-refractivity contribution in [1.82, 2.24) is 5.32 Å². The van der Waals surface area contributed by atoms with E-state index < -0.39 is 0 Å². The van der Waals surface area contributed by atoms with Crippen molar-refractivity contribution in [3.05, 3.63) is 71.5 Å². The number of hydrogen-bond acceptors (Lipinski definition) is 1. The van der Waals surface area contributed by atoms with Crippen LogP contribution in [-0.2, 0) is 0 Å². The summed E-state index contributed by atoms with van der Waals surface area (Å²) in [6.07, 6.45) is 0. The van der Waals surface area contributed by atoms with Crippen LogP contribution >= 0.6 is 0 Å². The highest BCUT2D eigenvalue weighted by molar-refractivity contribution is 5.22. The molecule has 0 spiro atoms. The van der Waals surface area contributed by atoms with Gasteiger partial charge in [-0.3, -0.25) is 0 Å². The maximum Gasteiger partial charge on any atom is 0.127 e. The molecule has 2 heteroatoms. The minimum atomic E-state index is -0.155. The van der Waals surface area contributed by atoms with E-state index in [4.69, 9.17) is 0 Å². The lowest BCUT2D eigenvalue weighted by atomic mass is 10.0. The molecule has 0 saturated carbocycles. The Hall–Kier alpha value is -1.67. The van der Waals surface area contributed by atoms with Gasteiger partial charge in [-0.25, -0.2) is 4.39 Å². The van der Waals surface area contributed by atoms with Gasteiger partial charge in [-0.15, -0.1) is 0 Å². The molecular weight excluding hydrogens is 225 g/mol. The van der Waals surface area contributed by atoms with Crippen LogP contribution in [0, 0.1) is 5.82 Å². The topological polar surface area (TPSA) is 12.0 Å². The fourth-order valence-corrected chi connectivity index (χ4v) is 2.13. The third-order valence-electron chi connectivity index (χ3n) is 3.17. The molecule has 0 aliphatic carbocycles. The maximum absolute atomic E-state index is 13.7. The van der Waals surface area contributed by atoms with Gasteiger partial charge in [0.15, 0.2) is 0 Å². The molecule has 0 fully saturated rings. The first-order valence-corrected chi connectivity index (χ1v) is 6.24. The van der Waals surface area contributed by atoms with E-state index in [1.54, 1.807) is 6.07 Å². The summed E-state index contributed by atoms with van der Waals surface area (Å²) < 4.78 is 13.7. The van der Waals surface area contributed by atoms with Crippen LogP contribution in [0.5, 0.6) is 0 Å². The minimum absolute atomic E-state index is 0.0126. The zero-order valence-electron chi connectivity index (χ0n) is 10.7. The molecule has 2 aromatic rings. The molecular formula is C16H18FN. The monoisotopic (exact) mass is 243 g/mol. The van der Waals surface area contributed by atoms with Crippen molar-refractivity contribution in [2.45, 2.75) is 25.9 Å². The highest BCUT2D eigenvalue weighted by Gasteiger charge is 2.13. The normalized spacial score (nSPS) is 14.2. The molecule has 0 heterocycles. The summed E-state index contributed by atoms with van der Waals surface area (Å²) >= 11 is 0. The van der Waals surface area contributed by atoms with E-state index in [9.17, 15) is 4.39 Å². The van der Waals surface area contributed by atoms with E-state index in [-0.39, 0.29) is 17.9 Å². The van der Waals surface area contributed by atoms with Gasteiger partial charge >= 0.3 is 0 Å². The quantitative estimate of drug-likeness (QED) is 0.847. The Morgan fingerprint density at radius 2 is 1.44 bits per heavy atom. The summed E-state index contributed by atoms with van der Waals surface area (Å²) in [4.78, 5) is 0. The molecule has 2 rings (SSSR count). The van der Waals surface area contributed by atoms with Gasteiger partial charge in [-0.1, -0.05) is 48.5 Å². The molecule has 0 amide bonds. The largest absolute Gasteiger partial charge is 0.304 e. The van der Waals surface area contributed by atoms with Crippen LogP contribution in [-0.4, -0.2) is 0 Å². The first kappa shape index (κ1) is 12.8. The lowest BCUT2D eigenvalue weighted by Crippen LogP contribution is -2.23. The molecule has 0 saturated heterocycles. The molecule has 0 bridgehead atoms. The number of hydrogen-bond donors (Lipinski definition) is 1. The van der Waals surface area contributed by atoms with Crippen molar-refractivity contribution in [3.63, 3.8) is 0 Å². The van der Waals surface area contributed by atoms with E-state index in [0.29, 0.717) is 5.56 Å². The van der Waals surface area contributed by atoms with Crippen LogP contribution in [0.2, 0.25) is 0 Å². The Bertz CT molecular complexity index is 495. The number of benzene rings is 2. The first-order valence-electron chi connectivity index (χ1n) is 6.24. The minimum Gasteiger partial charge on any atom is -0.304 e.